The molecule has 88 valence electrons. The molecule has 0 radical (unpaired) electrons. The van der Waals surface area contributed by atoms with E-state index in [1.165, 1.54) is 24.0 Å². The third-order valence-electron chi connectivity index (χ3n) is 2.71. The Bertz CT molecular complexity index is 350. The van der Waals surface area contributed by atoms with Crippen molar-refractivity contribution in [3.05, 3.63) is 35.4 Å². The monoisotopic (exact) mass is 219 g/mol. The fourth-order valence-electron chi connectivity index (χ4n) is 1.82. The molecule has 0 aliphatic heterocycles. The van der Waals surface area contributed by atoms with Gasteiger partial charge in [0.15, 0.2) is 0 Å². The Morgan fingerprint density at radius 2 is 1.94 bits per heavy atom. The molecule has 1 N–H and O–H groups in total. The van der Waals surface area contributed by atoms with Gasteiger partial charge >= 0.3 is 0 Å². The number of rotatable bonds is 4. The van der Waals surface area contributed by atoms with E-state index in [1.54, 1.807) is 0 Å². The maximum absolute atomic E-state index is 5.54. The van der Waals surface area contributed by atoms with Crippen LogP contribution in [0.4, 0.5) is 0 Å². The lowest BCUT2D eigenvalue weighted by Crippen LogP contribution is -2.28. The van der Waals surface area contributed by atoms with Gasteiger partial charge in [0.2, 0.25) is 0 Å². The Balaban J connectivity index is 1.93. The Morgan fingerprint density at radius 3 is 2.56 bits per heavy atom. The van der Waals surface area contributed by atoms with Gasteiger partial charge in [-0.25, -0.2) is 0 Å². The van der Waals surface area contributed by atoms with Crippen LogP contribution < -0.4 is 5.48 Å². The van der Waals surface area contributed by atoms with Gasteiger partial charge in [-0.1, -0.05) is 24.3 Å². The highest BCUT2D eigenvalue weighted by Crippen LogP contribution is 2.41. The van der Waals surface area contributed by atoms with Crippen LogP contribution in [0.25, 0.3) is 0 Å². The minimum Gasteiger partial charge on any atom is -0.296 e. The van der Waals surface area contributed by atoms with Crippen molar-refractivity contribution in [2.75, 3.05) is 0 Å². The van der Waals surface area contributed by atoms with Crippen molar-refractivity contribution in [1.29, 1.82) is 0 Å². The molecule has 0 aromatic heterocycles. The Kier molecular flexibility index (Phi) is 3.31. The van der Waals surface area contributed by atoms with Crippen molar-refractivity contribution in [3.63, 3.8) is 0 Å². The maximum atomic E-state index is 5.54. The first-order valence-corrected chi connectivity index (χ1v) is 6.05. The number of hydroxylamine groups is 1. The summed E-state index contributed by atoms with van der Waals surface area (Å²) in [6.07, 6.45) is 2.69. The van der Waals surface area contributed by atoms with Crippen LogP contribution in [0.1, 0.15) is 50.7 Å². The van der Waals surface area contributed by atoms with E-state index in [4.69, 9.17) is 4.84 Å². The molecule has 0 unspecified atom stereocenters. The Hall–Kier alpha value is -0.860. The summed E-state index contributed by atoms with van der Waals surface area (Å²) in [6.45, 7) is 6.94. The number of benzene rings is 1. The van der Waals surface area contributed by atoms with E-state index in [0.29, 0.717) is 0 Å². The zero-order valence-corrected chi connectivity index (χ0v) is 10.4. The molecule has 1 saturated carbocycles. The molecular weight excluding hydrogens is 198 g/mol. The van der Waals surface area contributed by atoms with Gasteiger partial charge in [0.25, 0.3) is 0 Å². The fraction of sp³-hybridized carbons (Fsp3) is 0.571. The van der Waals surface area contributed by atoms with Gasteiger partial charge in [0, 0.05) is 6.54 Å². The molecule has 1 aliphatic carbocycles. The molecule has 1 aromatic rings. The van der Waals surface area contributed by atoms with Crippen molar-refractivity contribution < 1.29 is 4.84 Å². The summed E-state index contributed by atoms with van der Waals surface area (Å²) in [7, 11) is 0. The van der Waals surface area contributed by atoms with Gasteiger partial charge in [0.1, 0.15) is 0 Å². The summed E-state index contributed by atoms with van der Waals surface area (Å²) in [4.78, 5) is 5.54. The molecule has 0 bridgehead atoms. The number of hydrogen-bond acceptors (Lipinski definition) is 2. The molecule has 0 heterocycles. The second kappa shape index (κ2) is 4.56. The van der Waals surface area contributed by atoms with Crippen LogP contribution in [0.5, 0.6) is 0 Å². The van der Waals surface area contributed by atoms with Crippen molar-refractivity contribution in [2.24, 2.45) is 0 Å². The normalized spacial score (nSPS) is 16.4. The van der Waals surface area contributed by atoms with Gasteiger partial charge < -0.3 is 0 Å². The topological polar surface area (TPSA) is 21.3 Å². The summed E-state index contributed by atoms with van der Waals surface area (Å²) in [5.74, 6) is 0.799. The van der Waals surface area contributed by atoms with Crippen LogP contribution in [0.2, 0.25) is 0 Å². The molecule has 0 saturated heterocycles. The van der Waals surface area contributed by atoms with Crippen molar-refractivity contribution in [3.8, 4) is 0 Å². The Morgan fingerprint density at radius 1 is 1.25 bits per heavy atom. The van der Waals surface area contributed by atoms with Gasteiger partial charge in [0.05, 0.1) is 5.60 Å². The largest absolute Gasteiger partial charge is 0.296 e. The Labute approximate surface area is 98.0 Å². The predicted octanol–water partition coefficient (Wildman–Crippen LogP) is 3.38. The van der Waals surface area contributed by atoms with E-state index in [2.05, 4.69) is 29.7 Å². The molecule has 1 fully saturated rings. The van der Waals surface area contributed by atoms with E-state index in [-0.39, 0.29) is 5.60 Å². The molecule has 2 rings (SSSR count). The average Bonchev–Trinajstić information content (AvgIpc) is 3.00. The molecule has 0 atom stereocenters. The highest BCUT2D eigenvalue weighted by molar-refractivity contribution is 5.32. The van der Waals surface area contributed by atoms with Crippen LogP contribution in [-0.4, -0.2) is 5.60 Å². The van der Waals surface area contributed by atoms with Crippen molar-refractivity contribution >= 4 is 0 Å². The molecule has 16 heavy (non-hydrogen) atoms. The quantitative estimate of drug-likeness (QED) is 0.784. The van der Waals surface area contributed by atoms with Gasteiger partial charge in [-0.05, 0) is 50.7 Å². The lowest BCUT2D eigenvalue weighted by Gasteiger charge is -2.20. The first-order valence-electron chi connectivity index (χ1n) is 6.05. The molecular formula is C14H21NO. The summed E-state index contributed by atoms with van der Waals surface area (Å²) in [5, 5.41) is 0. The first-order chi connectivity index (χ1) is 7.56. The highest BCUT2D eigenvalue weighted by Gasteiger charge is 2.25. The zero-order valence-electron chi connectivity index (χ0n) is 10.4. The SMILES string of the molecule is CC(C)(C)ONCc1ccccc1C1CC1. The summed E-state index contributed by atoms with van der Waals surface area (Å²) in [5.41, 5.74) is 5.80. The van der Waals surface area contributed by atoms with Gasteiger partial charge in [-0.15, -0.1) is 0 Å². The molecule has 0 spiro atoms. The van der Waals surface area contributed by atoms with Crippen LogP contribution in [0.15, 0.2) is 24.3 Å². The first kappa shape index (κ1) is 11.6. The highest BCUT2D eigenvalue weighted by atomic mass is 16.7. The molecule has 0 amide bonds. The van der Waals surface area contributed by atoms with Crippen LogP contribution in [-0.2, 0) is 11.4 Å². The molecule has 1 aliphatic rings. The summed E-state index contributed by atoms with van der Waals surface area (Å²) < 4.78 is 0. The lowest BCUT2D eigenvalue weighted by atomic mass is 10.0. The predicted molar refractivity (Wildman–Crippen MR) is 66.1 cm³/mol. The molecule has 2 nitrogen and oxygen atoms in total. The summed E-state index contributed by atoms with van der Waals surface area (Å²) in [6, 6.07) is 8.65. The summed E-state index contributed by atoms with van der Waals surface area (Å²) >= 11 is 0. The van der Waals surface area contributed by atoms with Crippen molar-refractivity contribution in [2.45, 2.75) is 51.7 Å². The van der Waals surface area contributed by atoms with E-state index >= 15 is 0 Å². The zero-order chi connectivity index (χ0) is 11.6. The lowest BCUT2D eigenvalue weighted by molar-refractivity contribution is -0.0758. The van der Waals surface area contributed by atoms with E-state index in [9.17, 15) is 0 Å². The third kappa shape index (κ3) is 3.32. The van der Waals surface area contributed by atoms with E-state index in [1.807, 2.05) is 20.8 Å². The van der Waals surface area contributed by atoms with Crippen molar-refractivity contribution in [1.82, 2.24) is 5.48 Å². The van der Waals surface area contributed by atoms with E-state index in [0.717, 1.165) is 12.5 Å². The van der Waals surface area contributed by atoms with E-state index < -0.39 is 0 Å². The second-order valence-electron chi connectivity index (χ2n) is 5.51. The smallest absolute Gasteiger partial charge is 0.0813 e. The minimum atomic E-state index is -0.130. The fourth-order valence-corrected chi connectivity index (χ4v) is 1.82. The number of hydrogen-bond donors (Lipinski definition) is 1. The molecule has 1 aromatic carbocycles. The van der Waals surface area contributed by atoms with Crippen LogP contribution in [0, 0.1) is 0 Å². The molecule has 2 heteroatoms. The standard InChI is InChI=1S/C14H21NO/c1-14(2,3)16-15-10-12-6-4-5-7-13(12)11-8-9-11/h4-7,11,15H,8-10H2,1-3H3. The minimum absolute atomic E-state index is 0.130. The second-order valence-corrected chi connectivity index (χ2v) is 5.51. The van der Waals surface area contributed by atoms with Crippen LogP contribution >= 0.6 is 0 Å². The average molecular weight is 219 g/mol. The third-order valence-corrected chi connectivity index (χ3v) is 2.71. The van der Waals surface area contributed by atoms with Gasteiger partial charge in [-0.2, -0.15) is 5.48 Å². The maximum Gasteiger partial charge on any atom is 0.0813 e. The van der Waals surface area contributed by atoms with Gasteiger partial charge in [-0.3, -0.25) is 4.84 Å². The number of nitrogens with one attached hydrogen (secondary N) is 1. The van der Waals surface area contributed by atoms with Crippen LogP contribution in [0.3, 0.4) is 0 Å².